The smallest absolute Gasteiger partial charge is 0.220 e. The van der Waals surface area contributed by atoms with Gasteiger partial charge in [0.1, 0.15) is 10.8 Å². The molecule has 0 unspecified atom stereocenters. The van der Waals surface area contributed by atoms with Gasteiger partial charge in [-0.3, -0.25) is 9.48 Å². The van der Waals surface area contributed by atoms with Crippen molar-refractivity contribution in [1.82, 2.24) is 15.1 Å². The molecule has 1 amide bonds. The molecular formula is C13H21N5OS. The minimum absolute atomic E-state index is 0.130. The predicted molar refractivity (Wildman–Crippen MR) is 82.7 cm³/mol. The molecule has 1 fully saturated rings. The first-order valence-corrected chi connectivity index (χ1v) is 7.26. The lowest BCUT2D eigenvalue weighted by atomic mass is 10.2. The summed E-state index contributed by atoms with van der Waals surface area (Å²) in [6.07, 6.45) is 3.54. The van der Waals surface area contributed by atoms with Crippen molar-refractivity contribution in [2.24, 2.45) is 12.8 Å². The van der Waals surface area contributed by atoms with Crippen LogP contribution in [0.5, 0.6) is 0 Å². The Morgan fingerprint density at radius 1 is 1.55 bits per heavy atom. The fourth-order valence-corrected chi connectivity index (χ4v) is 2.38. The fraction of sp³-hybridized carbons (Fsp3) is 0.615. The normalized spacial score (nSPS) is 14.1. The van der Waals surface area contributed by atoms with Crippen LogP contribution in [0.3, 0.4) is 0 Å². The molecule has 2 rings (SSSR count). The van der Waals surface area contributed by atoms with Gasteiger partial charge in [0.25, 0.3) is 0 Å². The Morgan fingerprint density at radius 3 is 2.85 bits per heavy atom. The van der Waals surface area contributed by atoms with Crippen molar-refractivity contribution in [1.29, 1.82) is 0 Å². The SMILES string of the molecule is Cc1nn(C)c(NCCCC(=O)NC2CC2)c1C(N)=S. The molecule has 7 heteroatoms. The van der Waals surface area contributed by atoms with Crippen molar-refractivity contribution >= 4 is 28.9 Å². The Balaban J connectivity index is 1.81. The molecule has 0 bridgehead atoms. The highest BCUT2D eigenvalue weighted by Crippen LogP contribution is 2.19. The van der Waals surface area contributed by atoms with Gasteiger partial charge in [-0.1, -0.05) is 12.2 Å². The zero-order chi connectivity index (χ0) is 14.7. The third-order valence-electron chi connectivity index (χ3n) is 3.28. The Morgan fingerprint density at radius 2 is 2.25 bits per heavy atom. The monoisotopic (exact) mass is 295 g/mol. The molecular weight excluding hydrogens is 274 g/mol. The fourth-order valence-electron chi connectivity index (χ4n) is 2.14. The number of rotatable bonds is 7. The van der Waals surface area contributed by atoms with E-state index in [2.05, 4.69) is 15.7 Å². The predicted octanol–water partition coefficient (Wildman–Crippen LogP) is 0.833. The number of anilines is 1. The molecule has 6 nitrogen and oxygen atoms in total. The topological polar surface area (TPSA) is 85.0 Å². The molecule has 0 radical (unpaired) electrons. The maximum absolute atomic E-state index is 11.6. The van der Waals surface area contributed by atoms with E-state index in [0.29, 0.717) is 24.0 Å². The minimum atomic E-state index is 0.130. The quantitative estimate of drug-likeness (QED) is 0.512. The number of carbonyl (C=O) groups excluding carboxylic acids is 1. The maximum atomic E-state index is 11.6. The van der Waals surface area contributed by atoms with Crippen LogP contribution in [0.4, 0.5) is 5.82 Å². The third-order valence-corrected chi connectivity index (χ3v) is 3.49. The second-order valence-electron chi connectivity index (χ2n) is 5.17. The van der Waals surface area contributed by atoms with Crippen LogP contribution in [0, 0.1) is 6.92 Å². The molecule has 110 valence electrons. The number of aryl methyl sites for hydroxylation is 2. The molecule has 1 aromatic rings. The highest BCUT2D eigenvalue weighted by molar-refractivity contribution is 7.80. The number of nitrogens with one attached hydrogen (secondary N) is 2. The van der Waals surface area contributed by atoms with E-state index in [1.165, 1.54) is 0 Å². The lowest BCUT2D eigenvalue weighted by Gasteiger charge is -2.09. The Bertz CT molecular complexity index is 521. The molecule has 1 aliphatic carbocycles. The van der Waals surface area contributed by atoms with Gasteiger partial charge in [-0.15, -0.1) is 0 Å². The number of aromatic nitrogens is 2. The number of hydrogen-bond donors (Lipinski definition) is 3. The van der Waals surface area contributed by atoms with Crippen LogP contribution < -0.4 is 16.4 Å². The van der Waals surface area contributed by atoms with E-state index < -0.39 is 0 Å². The van der Waals surface area contributed by atoms with Gasteiger partial charge < -0.3 is 16.4 Å². The summed E-state index contributed by atoms with van der Waals surface area (Å²) in [5.41, 5.74) is 7.31. The molecule has 4 N–H and O–H groups in total. The highest BCUT2D eigenvalue weighted by Gasteiger charge is 2.22. The van der Waals surface area contributed by atoms with E-state index in [1.54, 1.807) is 4.68 Å². The molecule has 1 aromatic heterocycles. The van der Waals surface area contributed by atoms with E-state index >= 15 is 0 Å². The summed E-state index contributed by atoms with van der Waals surface area (Å²) in [4.78, 5) is 11.9. The number of amides is 1. The Kier molecular flexibility index (Phi) is 4.59. The number of nitrogens with two attached hydrogens (primary N) is 1. The van der Waals surface area contributed by atoms with Crippen molar-refractivity contribution in [3.05, 3.63) is 11.3 Å². The minimum Gasteiger partial charge on any atom is -0.389 e. The number of carbonyl (C=O) groups is 1. The summed E-state index contributed by atoms with van der Waals surface area (Å²) in [5.74, 6) is 0.947. The molecule has 1 heterocycles. The summed E-state index contributed by atoms with van der Waals surface area (Å²) in [7, 11) is 1.84. The maximum Gasteiger partial charge on any atom is 0.220 e. The van der Waals surface area contributed by atoms with E-state index in [1.807, 2.05) is 14.0 Å². The van der Waals surface area contributed by atoms with Gasteiger partial charge in [-0.2, -0.15) is 5.10 Å². The number of nitrogens with zero attached hydrogens (tertiary/aromatic N) is 2. The van der Waals surface area contributed by atoms with Gasteiger partial charge >= 0.3 is 0 Å². The van der Waals surface area contributed by atoms with Crippen molar-refractivity contribution in [3.63, 3.8) is 0 Å². The molecule has 20 heavy (non-hydrogen) atoms. The van der Waals surface area contributed by atoms with E-state index in [-0.39, 0.29) is 5.91 Å². The number of thiocarbonyl (C=S) groups is 1. The van der Waals surface area contributed by atoms with E-state index in [4.69, 9.17) is 18.0 Å². The molecule has 0 aliphatic heterocycles. The van der Waals surface area contributed by atoms with Crippen LogP contribution in [-0.4, -0.2) is 33.3 Å². The summed E-state index contributed by atoms with van der Waals surface area (Å²) >= 11 is 5.05. The zero-order valence-electron chi connectivity index (χ0n) is 11.9. The highest BCUT2D eigenvalue weighted by atomic mass is 32.1. The van der Waals surface area contributed by atoms with Gasteiger partial charge in [-0.05, 0) is 26.2 Å². The van der Waals surface area contributed by atoms with Crippen LogP contribution in [0.15, 0.2) is 0 Å². The average Bonchev–Trinajstić information content (AvgIpc) is 3.10. The molecule has 0 saturated heterocycles. The van der Waals surface area contributed by atoms with Crippen molar-refractivity contribution in [2.75, 3.05) is 11.9 Å². The second kappa shape index (κ2) is 6.21. The van der Waals surface area contributed by atoms with Crippen LogP contribution in [0.2, 0.25) is 0 Å². The third kappa shape index (κ3) is 3.69. The molecule has 1 saturated carbocycles. The van der Waals surface area contributed by atoms with Crippen LogP contribution in [-0.2, 0) is 11.8 Å². The van der Waals surface area contributed by atoms with Gasteiger partial charge in [0.05, 0.1) is 11.3 Å². The average molecular weight is 295 g/mol. The molecule has 0 atom stereocenters. The van der Waals surface area contributed by atoms with Gasteiger partial charge in [0.15, 0.2) is 0 Å². The van der Waals surface area contributed by atoms with Gasteiger partial charge in [0.2, 0.25) is 5.91 Å². The summed E-state index contributed by atoms with van der Waals surface area (Å²) in [5, 5.41) is 10.5. The Hall–Kier alpha value is -1.63. The number of hydrogen-bond acceptors (Lipinski definition) is 4. The molecule has 0 spiro atoms. The summed E-state index contributed by atoms with van der Waals surface area (Å²) in [6, 6.07) is 0.427. The van der Waals surface area contributed by atoms with Gasteiger partial charge in [0, 0.05) is 26.1 Å². The molecule has 0 aromatic carbocycles. The lowest BCUT2D eigenvalue weighted by Crippen LogP contribution is -2.25. The standard InChI is InChI=1S/C13H21N5OS/c1-8-11(12(14)20)13(18(2)17-8)15-7-3-4-10(19)16-9-5-6-9/h9,15H,3-7H2,1-2H3,(H2,14,20)(H,16,19). The largest absolute Gasteiger partial charge is 0.389 e. The van der Waals surface area contributed by atoms with Crippen molar-refractivity contribution in [2.45, 2.75) is 38.6 Å². The van der Waals surface area contributed by atoms with Crippen molar-refractivity contribution < 1.29 is 4.79 Å². The zero-order valence-corrected chi connectivity index (χ0v) is 12.7. The lowest BCUT2D eigenvalue weighted by molar-refractivity contribution is -0.121. The Labute approximate surface area is 124 Å². The van der Waals surface area contributed by atoms with E-state index in [0.717, 1.165) is 36.3 Å². The first-order chi connectivity index (χ1) is 9.49. The summed E-state index contributed by atoms with van der Waals surface area (Å²) < 4.78 is 1.73. The molecule has 1 aliphatic rings. The van der Waals surface area contributed by atoms with Crippen LogP contribution in [0.25, 0.3) is 0 Å². The van der Waals surface area contributed by atoms with E-state index in [9.17, 15) is 4.79 Å². The first-order valence-electron chi connectivity index (χ1n) is 6.85. The summed E-state index contributed by atoms with van der Waals surface area (Å²) in [6.45, 7) is 2.56. The van der Waals surface area contributed by atoms with Crippen LogP contribution >= 0.6 is 12.2 Å². The van der Waals surface area contributed by atoms with Gasteiger partial charge in [-0.25, -0.2) is 0 Å². The first kappa shape index (κ1) is 14.8. The van der Waals surface area contributed by atoms with Crippen molar-refractivity contribution in [3.8, 4) is 0 Å². The second-order valence-corrected chi connectivity index (χ2v) is 5.61. The van der Waals surface area contributed by atoms with Crippen LogP contribution in [0.1, 0.15) is 36.9 Å².